The predicted octanol–water partition coefficient (Wildman–Crippen LogP) is 8.61. The van der Waals surface area contributed by atoms with Crippen molar-refractivity contribution in [3.8, 4) is 0 Å². The second-order valence-corrected chi connectivity index (χ2v) is 16.9. The standard InChI is InChI=1S/C40H79N3O6/c1-10-11-12-13-14-15-16-17-21-24-35(44)42-26-27-43(34-22-19-18-20-23-34)28-30-48-38(5,6)31-33(2)49-40(9,41)37(3,4)25-29-47-39(7,8)32-36(45)46/h33-34H,10-32,41H2,1-9H3,(H,42,44)(H,45,46). The Hall–Kier alpha value is -1.26. The molecule has 9 nitrogen and oxygen atoms in total. The number of carboxylic acid groups (broad SMARTS) is 1. The molecule has 0 radical (unpaired) electrons. The van der Waals surface area contributed by atoms with Crippen LogP contribution in [0.15, 0.2) is 0 Å². The number of rotatable bonds is 29. The van der Waals surface area contributed by atoms with E-state index in [1.165, 1.54) is 77.0 Å². The molecule has 1 aliphatic carbocycles. The summed E-state index contributed by atoms with van der Waals surface area (Å²) in [5, 5.41) is 12.3. The quantitative estimate of drug-likeness (QED) is 0.0525. The summed E-state index contributed by atoms with van der Waals surface area (Å²) in [4.78, 5) is 26.2. The molecule has 0 bridgehead atoms. The van der Waals surface area contributed by atoms with Crippen LogP contribution in [0.4, 0.5) is 0 Å². The fraction of sp³-hybridized carbons (Fsp3) is 0.950. The zero-order valence-electron chi connectivity index (χ0n) is 33.4. The molecule has 1 rings (SSSR count). The summed E-state index contributed by atoms with van der Waals surface area (Å²) in [5.41, 5.74) is 4.29. The topological polar surface area (TPSA) is 123 Å². The minimum Gasteiger partial charge on any atom is -0.481 e. The number of carboxylic acids is 1. The van der Waals surface area contributed by atoms with E-state index in [1.54, 1.807) is 13.8 Å². The first-order valence-electron chi connectivity index (χ1n) is 19.9. The van der Waals surface area contributed by atoms with E-state index in [2.05, 4.69) is 44.8 Å². The molecule has 0 heterocycles. The van der Waals surface area contributed by atoms with Gasteiger partial charge < -0.3 is 30.4 Å². The van der Waals surface area contributed by atoms with E-state index in [9.17, 15) is 9.59 Å². The normalized spacial score (nSPS) is 16.9. The van der Waals surface area contributed by atoms with Gasteiger partial charge in [0.05, 0.1) is 30.3 Å². The fourth-order valence-corrected chi connectivity index (χ4v) is 7.00. The van der Waals surface area contributed by atoms with Gasteiger partial charge in [-0.25, -0.2) is 0 Å². The van der Waals surface area contributed by atoms with E-state index < -0.39 is 28.3 Å². The molecule has 2 atom stereocenters. The van der Waals surface area contributed by atoms with Crippen LogP contribution in [0.3, 0.4) is 0 Å². The lowest BCUT2D eigenvalue weighted by molar-refractivity contribution is -0.168. The third-order valence-electron chi connectivity index (χ3n) is 10.6. The number of hydrogen-bond donors (Lipinski definition) is 3. The third kappa shape index (κ3) is 21.0. The number of carbonyl (C=O) groups excluding carboxylic acids is 1. The molecule has 1 aliphatic rings. The van der Waals surface area contributed by atoms with E-state index in [-0.39, 0.29) is 18.4 Å². The lowest BCUT2D eigenvalue weighted by atomic mass is 9.79. The van der Waals surface area contributed by atoms with Crippen molar-refractivity contribution in [1.82, 2.24) is 10.2 Å². The number of unbranched alkanes of at least 4 members (excludes halogenated alkanes) is 8. The molecule has 0 aromatic carbocycles. The lowest BCUT2D eigenvalue weighted by Crippen LogP contribution is -2.55. The van der Waals surface area contributed by atoms with E-state index in [4.69, 9.17) is 25.1 Å². The SMILES string of the molecule is CCCCCCCCCCCC(=O)NCCN(CCOC(C)(C)CC(C)OC(C)(N)C(C)(C)CCOC(C)(C)CC(=O)O)C1CCCCC1. The van der Waals surface area contributed by atoms with Gasteiger partial charge >= 0.3 is 5.97 Å². The number of nitrogens with two attached hydrogens (primary N) is 1. The first-order chi connectivity index (χ1) is 22.9. The summed E-state index contributed by atoms with van der Waals surface area (Å²) >= 11 is 0. The van der Waals surface area contributed by atoms with E-state index in [0.29, 0.717) is 45.1 Å². The average molecular weight is 698 g/mol. The number of carbonyl (C=O) groups is 2. The fourth-order valence-electron chi connectivity index (χ4n) is 7.00. The van der Waals surface area contributed by atoms with E-state index in [1.807, 2.05) is 13.8 Å². The highest BCUT2D eigenvalue weighted by molar-refractivity contribution is 5.75. The Morgan fingerprint density at radius 2 is 1.41 bits per heavy atom. The van der Waals surface area contributed by atoms with Crippen LogP contribution in [0, 0.1) is 5.41 Å². The van der Waals surface area contributed by atoms with Crippen molar-refractivity contribution in [2.24, 2.45) is 11.1 Å². The van der Waals surface area contributed by atoms with Gasteiger partial charge in [-0.3, -0.25) is 14.5 Å². The highest BCUT2D eigenvalue weighted by Gasteiger charge is 2.41. The Bertz CT molecular complexity index is 900. The van der Waals surface area contributed by atoms with Crippen LogP contribution in [0.1, 0.15) is 178 Å². The van der Waals surface area contributed by atoms with Crippen molar-refractivity contribution < 1.29 is 28.9 Å². The van der Waals surface area contributed by atoms with Crippen LogP contribution in [-0.2, 0) is 23.8 Å². The van der Waals surface area contributed by atoms with Gasteiger partial charge in [0.25, 0.3) is 0 Å². The van der Waals surface area contributed by atoms with Crippen LogP contribution in [0.2, 0.25) is 0 Å². The van der Waals surface area contributed by atoms with Crippen LogP contribution in [0.5, 0.6) is 0 Å². The maximum Gasteiger partial charge on any atom is 0.306 e. The number of hydrogen-bond acceptors (Lipinski definition) is 7. The smallest absolute Gasteiger partial charge is 0.306 e. The van der Waals surface area contributed by atoms with Gasteiger partial charge in [0.1, 0.15) is 5.72 Å². The average Bonchev–Trinajstić information content (AvgIpc) is 2.98. The molecule has 4 N–H and O–H groups in total. The molecule has 2 unspecified atom stereocenters. The molecule has 0 aromatic heterocycles. The van der Waals surface area contributed by atoms with Gasteiger partial charge in [-0.15, -0.1) is 0 Å². The molecule has 0 aromatic rings. The summed E-state index contributed by atoms with van der Waals surface area (Å²) in [6.07, 6.45) is 19.4. The zero-order valence-corrected chi connectivity index (χ0v) is 33.4. The van der Waals surface area contributed by atoms with E-state index in [0.717, 1.165) is 25.9 Å². The first-order valence-corrected chi connectivity index (χ1v) is 19.9. The van der Waals surface area contributed by atoms with Gasteiger partial charge in [-0.05, 0) is 67.2 Å². The number of nitrogens with one attached hydrogen (secondary N) is 1. The van der Waals surface area contributed by atoms with Gasteiger partial charge in [0.2, 0.25) is 5.91 Å². The maximum atomic E-state index is 12.5. The first kappa shape index (κ1) is 45.8. The van der Waals surface area contributed by atoms with Gasteiger partial charge in [-0.1, -0.05) is 91.4 Å². The van der Waals surface area contributed by atoms with Gasteiger partial charge in [-0.2, -0.15) is 0 Å². The molecule has 1 amide bonds. The van der Waals surface area contributed by atoms with Crippen molar-refractivity contribution in [3.05, 3.63) is 0 Å². The summed E-state index contributed by atoms with van der Waals surface area (Å²) in [5.74, 6) is -0.692. The second kappa shape index (κ2) is 23.3. The Kier molecular flexibility index (Phi) is 21.8. The lowest BCUT2D eigenvalue weighted by Gasteiger charge is -2.44. The molecule has 0 saturated heterocycles. The number of amides is 1. The van der Waals surface area contributed by atoms with Crippen LogP contribution in [-0.4, -0.2) is 83.8 Å². The molecule has 1 fully saturated rings. The molecule has 9 heteroatoms. The largest absolute Gasteiger partial charge is 0.481 e. The minimum absolute atomic E-state index is 0.0512. The van der Waals surface area contributed by atoms with Crippen molar-refractivity contribution in [2.45, 2.75) is 207 Å². The Labute approximate surface area is 301 Å². The second-order valence-electron chi connectivity index (χ2n) is 16.9. The Morgan fingerprint density at radius 1 is 0.837 bits per heavy atom. The summed E-state index contributed by atoms with van der Waals surface area (Å²) in [6.45, 7) is 21.6. The molecule has 0 spiro atoms. The highest BCUT2D eigenvalue weighted by Crippen LogP contribution is 2.36. The molecule has 290 valence electrons. The van der Waals surface area contributed by atoms with Crippen LogP contribution < -0.4 is 11.1 Å². The molecular formula is C40H79N3O6. The molecule has 1 saturated carbocycles. The summed E-state index contributed by atoms with van der Waals surface area (Å²) in [7, 11) is 0. The number of nitrogens with zero attached hydrogens (tertiary/aromatic N) is 1. The molecular weight excluding hydrogens is 618 g/mol. The highest BCUT2D eigenvalue weighted by atomic mass is 16.5. The van der Waals surface area contributed by atoms with Crippen molar-refractivity contribution >= 4 is 11.9 Å². The number of ether oxygens (including phenoxy) is 3. The summed E-state index contributed by atoms with van der Waals surface area (Å²) < 4.78 is 18.8. The maximum absolute atomic E-state index is 12.5. The van der Waals surface area contributed by atoms with Crippen molar-refractivity contribution in [1.29, 1.82) is 0 Å². The van der Waals surface area contributed by atoms with Crippen LogP contribution >= 0.6 is 0 Å². The van der Waals surface area contributed by atoms with Gasteiger partial charge in [0.15, 0.2) is 0 Å². The monoisotopic (exact) mass is 698 g/mol. The third-order valence-corrected chi connectivity index (χ3v) is 10.6. The predicted molar refractivity (Wildman–Crippen MR) is 202 cm³/mol. The van der Waals surface area contributed by atoms with Crippen LogP contribution in [0.25, 0.3) is 0 Å². The Balaban J connectivity index is 2.49. The zero-order chi connectivity index (χ0) is 37.0. The van der Waals surface area contributed by atoms with E-state index >= 15 is 0 Å². The molecule has 49 heavy (non-hydrogen) atoms. The van der Waals surface area contributed by atoms with Gasteiger partial charge in [0, 0.05) is 50.5 Å². The van der Waals surface area contributed by atoms with Crippen molar-refractivity contribution in [3.63, 3.8) is 0 Å². The van der Waals surface area contributed by atoms with Crippen molar-refractivity contribution in [2.75, 3.05) is 32.8 Å². The number of aliphatic carboxylic acids is 1. The summed E-state index contributed by atoms with van der Waals surface area (Å²) in [6, 6.07) is 0.552. The Morgan fingerprint density at radius 3 is 2.00 bits per heavy atom. The molecule has 0 aliphatic heterocycles. The minimum atomic E-state index is -0.918.